The van der Waals surface area contributed by atoms with Gasteiger partial charge in [0.15, 0.2) is 0 Å². The molecule has 3 aromatic rings. The van der Waals surface area contributed by atoms with Crippen molar-refractivity contribution in [2.45, 2.75) is 47.3 Å². The lowest BCUT2D eigenvalue weighted by atomic mass is 9.85. The van der Waals surface area contributed by atoms with Gasteiger partial charge in [-0.3, -0.25) is 9.59 Å². The molecule has 0 bridgehead atoms. The molecule has 0 atom stereocenters. The summed E-state index contributed by atoms with van der Waals surface area (Å²) in [7, 11) is 0. The van der Waals surface area contributed by atoms with Crippen molar-refractivity contribution in [3.63, 3.8) is 0 Å². The molecule has 0 spiro atoms. The first-order valence-corrected chi connectivity index (χ1v) is 15.3. The van der Waals surface area contributed by atoms with Gasteiger partial charge in [0.25, 0.3) is 11.8 Å². The molecule has 2 aliphatic rings. The van der Waals surface area contributed by atoms with Gasteiger partial charge >= 0.3 is 0 Å². The van der Waals surface area contributed by atoms with Gasteiger partial charge in [0, 0.05) is 9.75 Å². The molecule has 3 heterocycles. The van der Waals surface area contributed by atoms with Gasteiger partial charge in [0.1, 0.15) is 0 Å². The van der Waals surface area contributed by atoms with E-state index in [0.29, 0.717) is 89.3 Å². The van der Waals surface area contributed by atoms with Crippen LogP contribution in [0.4, 0.5) is 5.69 Å². The van der Waals surface area contributed by atoms with Crippen LogP contribution in [0.2, 0.25) is 0 Å². The first kappa shape index (κ1) is 30.5. The number of hydrogen-bond acceptors (Lipinski definition) is 8. The van der Waals surface area contributed by atoms with Gasteiger partial charge < -0.3 is 23.7 Å². The third kappa shape index (κ3) is 6.37. The number of ether oxygens (including phenoxy) is 5. The molecular formula is C33H39NO7S. The van der Waals surface area contributed by atoms with Gasteiger partial charge in [-0.25, -0.2) is 4.90 Å². The van der Waals surface area contributed by atoms with E-state index in [2.05, 4.69) is 13.8 Å². The predicted molar refractivity (Wildman–Crippen MR) is 162 cm³/mol. The van der Waals surface area contributed by atoms with E-state index in [-0.39, 0.29) is 11.8 Å². The molecule has 0 radical (unpaired) electrons. The van der Waals surface area contributed by atoms with Crippen LogP contribution in [0.15, 0.2) is 30.3 Å². The van der Waals surface area contributed by atoms with Crippen LogP contribution in [-0.4, -0.2) is 64.7 Å². The Balaban J connectivity index is 1.54. The number of anilines is 1. The Kier molecular flexibility index (Phi) is 10.2. The van der Waals surface area contributed by atoms with Gasteiger partial charge in [-0.2, -0.15) is 0 Å². The second-order valence-corrected chi connectivity index (χ2v) is 12.0. The normalized spacial score (nSPS) is 18.0. The number of carbonyl (C=O) groups is 2. The summed E-state index contributed by atoms with van der Waals surface area (Å²) in [4.78, 5) is 31.3. The fraction of sp³-hybridized carbons (Fsp3) is 0.455. The van der Waals surface area contributed by atoms with Crippen molar-refractivity contribution < 1.29 is 33.3 Å². The Bertz CT molecular complexity index is 1430. The van der Waals surface area contributed by atoms with Crippen molar-refractivity contribution in [3.8, 4) is 0 Å². The lowest BCUT2D eigenvalue weighted by molar-refractivity contribution is -0.0140. The topological polar surface area (TPSA) is 83.5 Å². The molecule has 1 aromatic heterocycles. The molecule has 0 fully saturated rings. The average Bonchev–Trinajstić information content (AvgIpc) is 3.40. The zero-order valence-electron chi connectivity index (χ0n) is 24.9. The molecule has 8 nitrogen and oxygen atoms in total. The molecule has 0 unspecified atom stereocenters. The van der Waals surface area contributed by atoms with Crippen LogP contribution in [0.1, 0.15) is 63.9 Å². The number of amides is 2. The standard InChI is InChI=1S/C33H39NO7S/c1-21-26-18-27-23(3)42-24(4)29(27)20-41-17-15-39-13-11-37-10-12-38-14-16-40-19-28(26)22(2)31-30(21)32(35)34(33(31)36)25-8-6-5-7-9-25/h5-9H,10-20H2,1-4H3. The van der Waals surface area contributed by atoms with E-state index in [0.717, 1.165) is 22.3 Å². The van der Waals surface area contributed by atoms with E-state index in [1.807, 2.05) is 32.0 Å². The number of fused-ring (bicyclic) bond motifs is 3. The smallest absolute Gasteiger partial charge is 0.266 e. The molecule has 0 aliphatic carbocycles. The lowest BCUT2D eigenvalue weighted by Crippen LogP contribution is -2.29. The van der Waals surface area contributed by atoms with Crippen molar-refractivity contribution in [3.05, 3.63) is 84.6 Å². The fourth-order valence-electron chi connectivity index (χ4n) is 5.73. The number of aryl methyl sites for hydroxylation is 2. The first-order valence-electron chi connectivity index (χ1n) is 14.4. The summed E-state index contributed by atoms with van der Waals surface area (Å²) in [6.07, 6.45) is 0.616. The molecule has 0 saturated heterocycles. The molecule has 0 saturated carbocycles. The van der Waals surface area contributed by atoms with E-state index in [9.17, 15) is 9.59 Å². The summed E-state index contributed by atoms with van der Waals surface area (Å²) >= 11 is 1.76. The number of hydrogen-bond donors (Lipinski definition) is 0. The second-order valence-electron chi connectivity index (χ2n) is 10.5. The Hall–Kier alpha value is -2.92. The van der Waals surface area contributed by atoms with Crippen LogP contribution in [0.5, 0.6) is 0 Å². The van der Waals surface area contributed by atoms with Crippen molar-refractivity contribution >= 4 is 28.8 Å². The highest BCUT2D eigenvalue weighted by molar-refractivity contribution is 7.12. The number of thiophene rings is 1. The number of para-hydroxylation sites is 1. The zero-order chi connectivity index (χ0) is 29.6. The molecule has 42 heavy (non-hydrogen) atoms. The monoisotopic (exact) mass is 593 g/mol. The van der Waals surface area contributed by atoms with Crippen LogP contribution in [-0.2, 0) is 43.3 Å². The summed E-state index contributed by atoms with van der Waals surface area (Å²) in [6, 6.07) is 9.12. The zero-order valence-corrected chi connectivity index (χ0v) is 25.7. The van der Waals surface area contributed by atoms with Crippen molar-refractivity contribution in [2.24, 2.45) is 0 Å². The van der Waals surface area contributed by atoms with Crippen molar-refractivity contribution in [2.75, 3.05) is 57.8 Å². The minimum Gasteiger partial charge on any atom is -0.377 e. The molecule has 2 amide bonds. The van der Waals surface area contributed by atoms with E-state index >= 15 is 0 Å². The summed E-state index contributed by atoms with van der Waals surface area (Å²) in [5.41, 5.74) is 7.47. The highest BCUT2D eigenvalue weighted by Gasteiger charge is 2.41. The summed E-state index contributed by atoms with van der Waals surface area (Å²) in [6.45, 7) is 12.7. The van der Waals surface area contributed by atoms with Gasteiger partial charge in [-0.1, -0.05) is 18.2 Å². The van der Waals surface area contributed by atoms with E-state index < -0.39 is 0 Å². The third-order valence-electron chi connectivity index (χ3n) is 7.97. The second kappa shape index (κ2) is 14.0. The van der Waals surface area contributed by atoms with Crippen LogP contribution in [0.25, 0.3) is 0 Å². The van der Waals surface area contributed by atoms with E-state index in [1.54, 1.807) is 23.5 Å². The minimum absolute atomic E-state index is 0.283. The molecule has 2 aromatic carbocycles. The van der Waals surface area contributed by atoms with Gasteiger partial charge in [-0.05, 0) is 79.6 Å². The lowest BCUT2D eigenvalue weighted by Gasteiger charge is -2.20. The summed E-state index contributed by atoms with van der Waals surface area (Å²) < 4.78 is 29.0. The Morgan fingerprint density at radius 3 is 1.57 bits per heavy atom. The highest BCUT2D eigenvalue weighted by atomic mass is 32.1. The van der Waals surface area contributed by atoms with E-state index in [1.165, 1.54) is 25.8 Å². The number of imide groups is 1. The van der Waals surface area contributed by atoms with Gasteiger partial charge in [-0.15, -0.1) is 11.3 Å². The molecule has 2 aliphatic heterocycles. The molecule has 9 heteroatoms. The quantitative estimate of drug-likeness (QED) is 0.346. The SMILES string of the molecule is Cc1sc(C)c2c1COCCOCCOCCOCCOCc1c(C)c3c(c(C)c1C2)C(=O)N(c1ccccc1)C3=O. The number of nitrogens with zero attached hydrogens (tertiary/aromatic N) is 1. The highest BCUT2D eigenvalue weighted by Crippen LogP contribution is 2.39. The third-order valence-corrected chi connectivity index (χ3v) is 9.08. The minimum atomic E-state index is -0.293. The largest absolute Gasteiger partial charge is 0.377 e. The van der Waals surface area contributed by atoms with Crippen molar-refractivity contribution in [1.82, 2.24) is 0 Å². The van der Waals surface area contributed by atoms with E-state index in [4.69, 9.17) is 23.7 Å². The number of benzene rings is 2. The Morgan fingerprint density at radius 1 is 0.571 bits per heavy atom. The van der Waals surface area contributed by atoms with Gasteiger partial charge in [0.05, 0.1) is 82.9 Å². The maximum atomic E-state index is 13.8. The average molecular weight is 594 g/mol. The van der Waals surface area contributed by atoms with Crippen LogP contribution in [0, 0.1) is 27.7 Å². The molecular weight excluding hydrogens is 554 g/mol. The predicted octanol–water partition coefficient (Wildman–Crippen LogP) is 5.47. The maximum Gasteiger partial charge on any atom is 0.266 e. The van der Waals surface area contributed by atoms with Crippen LogP contribution >= 0.6 is 11.3 Å². The Labute approximate surface area is 251 Å². The van der Waals surface area contributed by atoms with Crippen molar-refractivity contribution in [1.29, 1.82) is 0 Å². The van der Waals surface area contributed by atoms with Crippen LogP contribution in [0.3, 0.4) is 0 Å². The maximum absolute atomic E-state index is 13.8. The molecule has 224 valence electrons. The molecule has 0 N–H and O–H groups in total. The summed E-state index contributed by atoms with van der Waals surface area (Å²) in [5.74, 6) is -0.576. The summed E-state index contributed by atoms with van der Waals surface area (Å²) in [5, 5.41) is 0. The number of rotatable bonds is 1. The molecule has 5 rings (SSSR count). The Morgan fingerprint density at radius 2 is 1.02 bits per heavy atom. The van der Waals surface area contributed by atoms with Gasteiger partial charge in [0.2, 0.25) is 0 Å². The van der Waals surface area contributed by atoms with Crippen LogP contribution < -0.4 is 4.90 Å². The number of carbonyl (C=O) groups excluding carboxylic acids is 2. The fourth-order valence-corrected chi connectivity index (χ4v) is 6.81. The first-order chi connectivity index (χ1) is 20.4.